The predicted octanol–water partition coefficient (Wildman–Crippen LogP) is 5.53. The van der Waals surface area contributed by atoms with E-state index in [1.54, 1.807) is 0 Å². The second-order valence-corrected chi connectivity index (χ2v) is 7.78. The maximum absolute atomic E-state index is 11.7. The zero-order valence-corrected chi connectivity index (χ0v) is 17.7. The van der Waals surface area contributed by atoms with Gasteiger partial charge >= 0.3 is 5.97 Å². The van der Waals surface area contributed by atoms with Crippen LogP contribution in [0.3, 0.4) is 0 Å². The molecular formula is C24H24ClN3O2. The third-order valence-corrected chi connectivity index (χ3v) is 5.37. The van der Waals surface area contributed by atoms with Crippen LogP contribution in [0.1, 0.15) is 36.6 Å². The van der Waals surface area contributed by atoms with Crippen molar-refractivity contribution in [3.05, 3.63) is 70.4 Å². The van der Waals surface area contributed by atoms with Gasteiger partial charge in [0, 0.05) is 27.5 Å². The third kappa shape index (κ3) is 4.79. The number of nitrogens with zero attached hydrogens (tertiary/aromatic N) is 2. The SMILES string of the molecule is CCOC(=O)Cc1ccc(Nc2nc(-c3cccc(Cl)c3)nc3c2CCCC3)cc1. The molecule has 6 heteroatoms. The molecule has 154 valence electrons. The van der Waals surface area contributed by atoms with Crippen LogP contribution in [-0.2, 0) is 28.8 Å². The van der Waals surface area contributed by atoms with E-state index in [2.05, 4.69) is 5.32 Å². The lowest BCUT2D eigenvalue weighted by atomic mass is 9.96. The van der Waals surface area contributed by atoms with E-state index in [1.165, 1.54) is 5.56 Å². The van der Waals surface area contributed by atoms with Crippen LogP contribution >= 0.6 is 11.6 Å². The highest BCUT2D eigenvalue weighted by atomic mass is 35.5. The molecule has 0 atom stereocenters. The summed E-state index contributed by atoms with van der Waals surface area (Å²) in [6.45, 7) is 2.21. The van der Waals surface area contributed by atoms with Crippen LogP contribution < -0.4 is 5.32 Å². The van der Waals surface area contributed by atoms with Gasteiger partial charge in [-0.05, 0) is 62.4 Å². The molecule has 0 saturated heterocycles. The molecule has 0 saturated carbocycles. The molecule has 4 rings (SSSR count). The van der Waals surface area contributed by atoms with Crippen molar-refractivity contribution >= 4 is 29.1 Å². The van der Waals surface area contributed by atoms with Crippen LogP contribution in [0.25, 0.3) is 11.4 Å². The van der Waals surface area contributed by atoms with Gasteiger partial charge in [-0.25, -0.2) is 9.97 Å². The summed E-state index contributed by atoms with van der Waals surface area (Å²) in [6, 6.07) is 15.4. The molecule has 5 nitrogen and oxygen atoms in total. The molecule has 1 aliphatic rings. The zero-order chi connectivity index (χ0) is 20.9. The van der Waals surface area contributed by atoms with E-state index in [-0.39, 0.29) is 12.4 Å². The number of nitrogens with one attached hydrogen (secondary N) is 1. The Labute approximate surface area is 181 Å². The summed E-state index contributed by atoms with van der Waals surface area (Å²) >= 11 is 6.17. The molecule has 30 heavy (non-hydrogen) atoms. The van der Waals surface area contributed by atoms with E-state index in [4.69, 9.17) is 26.3 Å². The highest BCUT2D eigenvalue weighted by molar-refractivity contribution is 6.30. The van der Waals surface area contributed by atoms with Crippen molar-refractivity contribution in [3.8, 4) is 11.4 Å². The lowest BCUT2D eigenvalue weighted by molar-refractivity contribution is -0.142. The summed E-state index contributed by atoms with van der Waals surface area (Å²) in [4.78, 5) is 21.3. The van der Waals surface area contributed by atoms with Gasteiger partial charge in [0.2, 0.25) is 0 Å². The highest BCUT2D eigenvalue weighted by Gasteiger charge is 2.19. The van der Waals surface area contributed by atoms with Gasteiger partial charge in [-0.3, -0.25) is 4.79 Å². The Balaban J connectivity index is 1.61. The standard InChI is InChI=1S/C24H24ClN3O2/c1-2-30-22(29)14-16-10-12-19(13-11-16)26-24-20-8-3-4-9-21(20)27-23(28-24)17-6-5-7-18(25)15-17/h5-7,10-13,15H,2-4,8-9,14H2,1H3,(H,26,27,28). The summed E-state index contributed by atoms with van der Waals surface area (Å²) < 4.78 is 5.02. The van der Waals surface area contributed by atoms with E-state index in [0.717, 1.165) is 54.0 Å². The van der Waals surface area contributed by atoms with Gasteiger partial charge in [-0.1, -0.05) is 35.9 Å². The molecule has 1 aromatic heterocycles. The lowest BCUT2D eigenvalue weighted by Gasteiger charge is -2.20. The Kier molecular flexibility index (Phi) is 6.29. The number of ether oxygens (including phenoxy) is 1. The first-order chi connectivity index (χ1) is 14.6. The molecular weight excluding hydrogens is 398 g/mol. The smallest absolute Gasteiger partial charge is 0.310 e. The van der Waals surface area contributed by atoms with Crippen LogP contribution in [0.5, 0.6) is 0 Å². The number of fused-ring (bicyclic) bond motifs is 1. The fraction of sp³-hybridized carbons (Fsp3) is 0.292. The van der Waals surface area contributed by atoms with Crippen LogP contribution in [0, 0.1) is 0 Å². The van der Waals surface area contributed by atoms with E-state index in [9.17, 15) is 4.79 Å². The Morgan fingerprint density at radius 3 is 2.67 bits per heavy atom. The van der Waals surface area contributed by atoms with E-state index < -0.39 is 0 Å². The van der Waals surface area contributed by atoms with E-state index in [0.29, 0.717) is 17.5 Å². The fourth-order valence-corrected chi connectivity index (χ4v) is 3.87. The largest absolute Gasteiger partial charge is 0.466 e. The monoisotopic (exact) mass is 421 g/mol. The number of carbonyl (C=O) groups is 1. The molecule has 0 fully saturated rings. The van der Waals surface area contributed by atoms with Crippen molar-refractivity contribution in [2.75, 3.05) is 11.9 Å². The molecule has 3 aromatic rings. The van der Waals surface area contributed by atoms with Gasteiger partial charge in [0.05, 0.1) is 13.0 Å². The number of hydrogen-bond donors (Lipinski definition) is 1. The molecule has 2 aromatic carbocycles. The maximum atomic E-state index is 11.7. The average Bonchev–Trinajstić information content (AvgIpc) is 2.75. The summed E-state index contributed by atoms with van der Waals surface area (Å²) in [5.41, 5.74) is 5.04. The van der Waals surface area contributed by atoms with Crippen molar-refractivity contribution in [3.63, 3.8) is 0 Å². The van der Waals surface area contributed by atoms with Crippen molar-refractivity contribution in [2.45, 2.75) is 39.0 Å². The zero-order valence-electron chi connectivity index (χ0n) is 17.0. The van der Waals surface area contributed by atoms with Crippen LogP contribution in [0.2, 0.25) is 5.02 Å². The molecule has 0 spiro atoms. The van der Waals surface area contributed by atoms with E-state index >= 15 is 0 Å². The summed E-state index contributed by atoms with van der Waals surface area (Å²) in [7, 11) is 0. The molecule has 0 unspecified atom stereocenters. The summed E-state index contributed by atoms with van der Waals surface area (Å²) in [5, 5.41) is 4.13. The lowest BCUT2D eigenvalue weighted by Crippen LogP contribution is -2.12. The van der Waals surface area contributed by atoms with Crippen LogP contribution in [0.4, 0.5) is 11.5 Å². The van der Waals surface area contributed by atoms with Gasteiger partial charge in [-0.2, -0.15) is 0 Å². The molecule has 0 aliphatic heterocycles. The summed E-state index contributed by atoms with van der Waals surface area (Å²) in [5.74, 6) is 1.31. The fourth-order valence-electron chi connectivity index (χ4n) is 3.68. The first kappa shape index (κ1) is 20.4. The third-order valence-electron chi connectivity index (χ3n) is 5.14. The summed E-state index contributed by atoms with van der Waals surface area (Å²) in [6.07, 6.45) is 4.48. The second kappa shape index (κ2) is 9.26. The molecule has 0 bridgehead atoms. The molecule has 0 radical (unpaired) electrons. The van der Waals surface area contributed by atoms with Gasteiger partial charge in [0.25, 0.3) is 0 Å². The second-order valence-electron chi connectivity index (χ2n) is 7.34. The molecule has 1 aliphatic carbocycles. The molecule has 1 heterocycles. The number of aromatic nitrogens is 2. The minimum Gasteiger partial charge on any atom is -0.466 e. The topological polar surface area (TPSA) is 64.1 Å². The number of rotatable bonds is 6. The molecule has 0 amide bonds. The van der Waals surface area contributed by atoms with Crippen molar-refractivity contribution < 1.29 is 9.53 Å². The maximum Gasteiger partial charge on any atom is 0.310 e. The Hall–Kier alpha value is -2.92. The number of esters is 1. The predicted molar refractivity (Wildman–Crippen MR) is 119 cm³/mol. The Morgan fingerprint density at radius 1 is 1.10 bits per heavy atom. The van der Waals surface area contributed by atoms with Crippen LogP contribution in [0.15, 0.2) is 48.5 Å². The number of carbonyl (C=O) groups excluding carboxylic acids is 1. The van der Waals surface area contributed by atoms with Gasteiger partial charge in [0.15, 0.2) is 5.82 Å². The van der Waals surface area contributed by atoms with Crippen molar-refractivity contribution in [1.29, 1.82) is 0 Å². The Morgan fingerprint density at radius 2 is 1.90 bits per heavy atom. The van der Waals surface area contributed by atoms with Gasteiger partial charge in [0.1, 0.15) is 5.82 Å². The quantitative estimate of drug-likeness (QED) is 0.530. The normalized spacial score (nSPS) is 12.9. The van der Waals surface area contributed by atoms with Crippen molar-refractivity contribution in [1.82, 2.24) is 9.97 Å². The first-order valence-electron chi connectivity index (χ1n) is 10.3. The van der Waals surface area contributed by atoms with Crippen molar-refractivity contribution in [2.24, 2.45) is 0 Å². The number of aryl methyl sites for hydroxylation is 1. The highest BCUT2D eigenvalue weighted by Crippen LogP contribution is 2.31. The first-order valence-corrected chi connectivity index (χ1v) is 10.7. The number of halogens is 1. The van der Waals surface area contributed by atoms with Crippen LogP contribution in [-0.4, -0.2) is 22.5 Å². The van der Waals surface area contributed by atoms with E-state index in [1.807, 2.05) is 55.5 Å². The minimum atomic E-state index is -0.214. The molecule has 1 N–H and O–H groups in total. The number of benzene rings is 2. The van der Waals surface area contributed by atoms with Gasteiger partial charge < -0.3 is 10.1 Å². The number of hydrogen-bond acceptors (Lipinski definition) is 5. The average molecular weight is 422 g/mol. The van der Waals surface area contributed by atoms with Gasteiger partial charge in [-0.15, -0.1) is 0 Å². The Bertz CT molecular complexity index is 1050. The minimum absolute atomic E-state index is 0.214. The number of anilines is 2.